The Hall–Kier alpha value is -2.62. The minimum Gasteiger partial charge on any atom is -0.334 e. The number of nitrogens with zero attached hydrogens (tertiary/aromatic N) is 3. The number of benzene rings is 1. The van der Waals surface area contributed by atoms with E-state index in [1.165, 1.54) is 11.1 Å². The van der Waals surface area contributed by atoms with Crippen LogP contribution in [0, 0.1) is 6.92 Å². The Morgan fingerprint density at radius 3 is 2.86 bits per heavy atom. The van der Waals surface area contributed by atoms with Crippen LogP contribution in [0.4, 0.5) is 0 Å². The van der Waals surface area contributed by atoms with Gasteiger partial charge in [0.05, 0.1) is 5.69 Å². The number of aromatic nitrogens is 2. The summed E-state index contributed by atoms with van der Waals surface area (Å²) in [6, 6.07) is 12.1. The summed E-state index contributed by atoms with van der Waals surface area (Å²) in [5.41, 5.74) is 5.08. The number of carbonyl (C=O) groups excluding carboxylic acids is 1. The summed E-state index contributed by atoms with van der Waals surface area (Å²) in [5, 5.41) is 0. The number of aryl methyl sites for hydroxylation is 1. The molecule has 1 aliphatic rings. The van der Waals surface area contributed by atoms with E-state index in [2.05, 4.69) is 23.2 Å². The lowest BCUT2D eigenvalue weighted by atomic mass is 9.99. The van der Waals surface area contributed by atoms with Gasteiger partial charge >= 0.3 is 0 Å². The van der Waals surface area contributed by atoms with Gasteiger partial charge in [0, 0.05) is 31.0 Å². The highest BCUT2D eigenvalue weighted by Gasteiger charge is 2.21. The largest absolute Gasteiger partial charge is 0.334 e. The van der Waals surface area contributed by atoms with Gasteiger partial charge in [-0.1, -0.05) is 24.3 Å². The van der Waals surface area contributed by atoms with Gasteiger partial charge < -0.3 is 9.30 Å². The molecule has 0 unspecified atom stereocenters. The minimum absolute atomic E-state index is 0.0812. The molecule has 110 valence electrons. The van der Waals surface area contributed by atoms with Gasteiger partial charge in [-0.2, -0.15) is 0 Å². The molecular formula is C18H17N3O. The summed E-state index contributed by atoms with van der Waals surface area (Å²) in [6.07, 6.45) is 4.79. The van der Waals surface area contributed by atoms with Crippen molar-refractivity contribution in [3.05, 3.63) is 71.2 Å². The second kappa shape index (κ2) is 4.98. The molecule has 0 N–H and O–H groups in total. The van der Waals surface area contributed by atoms with Crippen molar-refractivity contribution in [3.8, 4) is 0 Å². The fourth-order valence-corrected chi connectivity index (χ4v) is 3.09. The molecule has 3 aromatic rings. The van der Waals surface area contributed by atoms with Crippen molar-refractivity contribution in [2.75, 3.05) is 6.54 Å². The average molecular weight is 291 g/mol. The lowest BCUT2D eigenvalue weighted by Gasteiger charge is -2.29. The Bertz CT molecular complexity index is 866. The van der Waals surface area contributed by atoms with Crippen LogP contribution in [0.1, 0.15) is 27.2 Å². The van der Waals surface area contributed by atoms with Crippen LogP contribution in [0.15, 0.2) is 48.8 Å². The van der Waals surface area contributed by atoms with E-state index in [0.717, 1.165) is 24.3 Å². The molecule has 0 bridgehead atoms. The summed E-state index contributed by atoms with van der Waals surface area (Å²) in [5.74, 6) is 0.0812. The van der Waals surface area contributed by atoms with Gasteiger partial charge in [-0.25, -0.2) is 4.98 Å². The fraction of sp³-hybridized carbons (Fsp3) is 0.222. The average Bonchev–Trinajstić information content (AvgIpc) is 2.92. The molecule has 0 fully saturated rings. The molecule has 4 nitrogen and oxygen atoms in total. The molecule has 0 atom stereocenters. The highest BCUT2D eigenvalue weighted by Crippen LogP contribution is 2.20. The van der Waals surface area contributed by atoms with E-state index in [9.17, 15) is 4.79 Å². The van der Waals surface area contributed by atoms with E-state index in [1.54, 1.807) is 0 Å². The van der Waals surface area contributed by atoms with Gasteiger partial charge in [0.25, 0.3) is 5.91 Å². The highest BCUT2D eigenvalue weighted by molar-refractivity contribution is 5.95. The van der Waals surface area contributed by atoms with Crippen LogP contribution in [-0.4, -0.2) is 26.7 Å². The molecule has 0 saturated heterocycles. The molecule has 22 heavy (non-hydrogen) atoms. The minimum atomic E-state index is 0.0812. The first-order chi connectivity index (χ1) is 10.7. The van der Waals surface area contributed by atoms with E-state index in [0.29, 0.717) is 12.1 Å². The third kappa shape index (κ3) is 2.17. The smallest absolute Gasteiger partial charge is 0.254 e. The van der Waals surface area contributed by atoms with Gasteiger partial charge in [-0.15, -0.1) is 0 Å². The van der Waals surface area contributed by atoms with Crippen LogP contribution in [-0.2, 0) is 13.0 Å². The maximum absolute atomic E-state index is 12.7. The van der Waals surface area contributed by atoms with Crippen molar-refractivity contribution >= 4 is 11.6 Å². The van der Waals surface area contributed by atoms with Crippen LogP contribution < -0.4 is 0 Å². The third-order valence-electron chi connectivity index (χ3n) is 4.25. The summed E-state index contributed by atoms with van der Waals surface area (Å²) in [4.78, 5) is 19.1. The SMILES string of the molecule is Cc1cn2ccc(C(=O)N3CCc4ccccc4C3)cc2n1. The maximum atomic E-state index is 12.7. The van der Waals surface area contributed by atoms with E-state index < -0.39 is 0 Å². The van der Waals surface area contributed by atoms with Crippen molar-refractivity contribution in [1.29, 1.82) is 0 Å². The number of hydrogen-bond acceptors (Lipinski definition) is 2. The molecule has 4 rings (SSSR count). The molecule has 0 aliphatic carbocycles. The van der Waals surface area contributed by atoms with Crippen LogP contribution in [0.25, 0.3) is 5.65 Å². The summed E-state index contributed by atoms with van der Waals surface area (Å²) in [6.45, 7) is 3.41. The van der Waals surface area contributed by atoms with Crippen molar-refractivity contribution in [2.24, 2.45) is 0 Å². The van der Waals surface area contributed by atoms with Crippen molar-refractivity contribution < 1.29 is 4.79 Å². The third-order valence-corrected chi connectivity index (χ3v) is 4.25. The zero-order chi connectivity index (χ0) is 15.1. The second-order valence-electron chi connectivity index (χ2n) is 5.81. The summed E-state index contributed by atoms with van der Waals surface area (Å²) < 4.78 is 1.94. The predicted octanol–water partition coefficient (Wildman–Crippen LogP) is 2.84. The Morgan fingerprint density at radius 2 is 2.00 bits per heavy atom. The van der Waals surface area contributed by atoms with E-state index in [4.69, 9.17) is 0 Å². The summed E-state index contributed by atoms with van der Waals surface area (Å²) in [7, 11) is 0. The molecule has 0 spiro atoms. The number of carbonyl (C=O) groups is 1. The van der Waals surface area contributed by atoms with E-state index in [-0.39, 0.29) is 5.91 Å². The van der Waals surface area contributed by atoms with Crippen LogP contribution in [0.5, 0.6) is 0 Å². The summed E-state index contributed by atoms with van der Waals surface area (Å²) >= 11 is 0. The number of hydrogen-bond donors (Lipinski definition) is 0. The van der Waals surface area contributed by atoms with Crippen LogP contribution in [0.2, 0.25) is 0 Å². The standard InChI is InChI=1S/C18H17N3O/c1-13-11-20-8-7-15(10-17(20)19-13)18(22)21-9-6-14-4-2-3-5-16(14)12-21/h2-5,7-8,10-11H,6,9,12H2,1H3. The predicted molar refractivity (Wildman–Crippen MR) is 84.8 cm³/mol. The first-order valence-corrected chi connectivity index (χ1v) is 7.52. The zero-order valence-corrected chi connectivity index (χ0v) is 12.5. The Kier molecular flexibility index (Phi) is 2.96. The number of amides is 1. The van der Waals surface area contributed by atoms with Gasteiger partial charge in [-0.3, -0.25) is 4.79 Å². The lowest BCUT2D eigenvalue weighted by molar-refractivity contribution is 0.0734. The molecular weight excluding hydrogens is 274 g/mol. The highest BCUT2D eigenvalue weighted by atomic mass is 16.2. The quantitative estimate of drug-likeness (QED) is 0.691. The van der Waals surface area contributed by atoms with Crippen molar-refractivity contribution in [2.45, 2.75) is 19.9 Å². The molecule has 2 aromatic heterocycles. The Morgan fingerprint density at radius 1 is 1.18 bits per heavy atom. The van der Waals surface area contributed by atoms with Gasteiger partial charge in [0.15, 0.2) is 0 Å². The Balaban J connectivity index is 1.63. The molecule has 1 aromatic carbocycles. The van der Waals surface area contributed by atoms with E-state index >= 15 is 0 Å². The molecule has 3 heterocycles. The normalized spacial score (nSPS) is 14.1. The molecule has 1 aliphatic heterocycles. The van der Waals surface area contributed by atoms with Gasteiger partial charge in [-0.05, 0) is 36.6 Å². The topological polar surface area (TPSA) is 37.6 Å². The van der Waals surface area contributed by atoms with Gasteiger partial charge in [0.1, 0.15) is 5.65 Å². The molecule has 0 radical (unpaired) electrons. The monoisotopic (exact) mass is 291 g/mol. The van der Waals surface area contributed by atoms with Crippen LogP contribution in [0.3, 0.4) is 0 Å². The molecule has 1 amide bonds. The number of rotatable bonds is 1. The number of pyridine rings is 1. The van der Waals surface area contributed by atoms with E-state index in [1.807, 2.05) is 46.8 Å². The van der Waals surface area contributed by atoms with Crippen molar-refractivity contribution in [1.82, 2.24) is 14.3 Å². The number of fused-ring (bicyclic) bond motifs is 2. The maximum Gasteiger partial charge on any atom is 0.254 e. The zero-order valence-electron chi connectivity index (χ0n) is 12.5. The van der Waals surface area contributed by atoms with Crippen LogP contribution >= 0.6 is 0 Å². The first-order valence-electron chi connectivity index (χ1n) is 7.52. The number of imidazole rings is 1. The van der Waals surface area contributed by atoms with Crippen molar-refractivity contribution in [3.63, 3.8) is 0 Å². The molecule has 4 heteroatoms. The lowest BCUT2D eigenvalue weighted by Crippen LogP contribution is -2.35. The fourth-order valence-electron chi connectivity index (χ4n) is 3.09. The van der Waals surface area contributed by atoms with Gasteiger partial charge in [0.2, 0.25) is 0 Å². The molecule has 0 saturated carbocycles. The Labute approximate surface area is 129 Å². The first kappa shape index (κ1) is 13.1. The second-order valence-corrected chi connectivity index (χ2v) is 5.81.